The summed E-state index contributed by atoms with van der Waals surface area (Å²) in [5.41, 5.74) is 0.943. The van der Waals surface area contributed by atoms with Crippen LogP contribution in [0.2, 0.25) is 0 Å². The minimum Gasteiger partial charge on any atom is -0.360 e. The predicted molar refractivity (Wildman–Crippen MR) is 91.0 cm³/mol. The van der Waals surface area contributed by atoms with E-state index in [1.807, 2.05) is 6.07 Å². The van der Waals surface area contributed by atoms with Crippen LogP contribution in [0.3, 0.4) is 0 Å². The normalized spacial score (nSPS) is 16.8. The fourth-order valence-corrected chi connectivity index (χ4v) is 3.16. The fourth-order valence-electron chi connectivity index (χ4n) is 3.16. The van der Waals surface area contributed by atoms with Crippen molar-refractivity contribution in [2.75, 3.05) is 5.32 Å². The average molecular weight is 357 g/mol. The first-order chi connectivity index (χ1) is 12.4. The van der Waals surface area contributed by atoms with Crippen molar-refractivity contribution in [1.29, 1.82) is 0 Å². The van der Waals surface area contributed by atoms with Crippen molar-refractivity contribution in [3.05, 3.63) is 65.5 Å². The van der Waals surface area contributed by atoms with Crippen LogP contribution in [0.1, 0.15) is 27.9 Å². The minimum atomic E-state index is -4.47. The van der Waals surface area contributed by atoms with Crippen LogP contribution in [-0.2, 0) is 12.6 Å². The molecule has 0 spiro atoms. The number of halogens is 3. The minimum absolute atomic E-state index is 0.0470. The van der Waals surface area contributed by atoms with Gasteiger partial charge in [0.25, 0.3) is 0 Å². The third kappa shape index (κ3) is 3.00. The summed E-state index contributed by atoms with van der Waals surface area (Å²) in [6.07, 6.45) is 0.000760. The number of hydrogen-bond acceptors (Lipinski definition) is 4. The van der Waals surface area contributed by atoms with Crippen molar-refractivity contribution in [2.24, 2.45) is 0 Å². The van der Waals surface area contributed by atoms with Gasteiger partial charge in [0.1, 0.15) is 5.82 Å². The van der Waals surface area contributed by atoms with Gasteiger partial charge in [0.15, 0.2) is 5.78 Å². The number of ketones is 1. The van der Waals surface area contributed by atoms with Crippen LogP contribution in [0.25, 0.3) is 10.9 Å². The second-order valence-electron chi connectivity index (χ2n) is 6.24. The van der Waals surface area contributed by atoms with Gasteiger partial charge in [-0.05, 0) is 42.7 Å². The molecule has 1 aliphatic rings. The molecule has 1 aliphatic heterocycles. The topological polar surface area (TPSA) is 54.9 Å². The second-order valence-corrected chi connectivity index (χ2v) is 6.24. The molecular formula is C19H14F3N3O. The van der Waals surface area contributed by atoms with E-state index in [4.69, 9.17) is 0 Å². The van der Waals surface area contributed by atoms with Gasteiger partial charge in [-0.15, -0.1) is 0 Å². The monoisotopic (exact) mass is 357 g/mol. The first-order valence-corrected chi connectivity index (χ1v) is 8.13. The van der Waals surface area contributed by atoms with Gasteiger partial charge in [0.05, 0.1) is 17.1 Å². The SMILES string of the molecule is O=C(c1cccc(C(F)(F)F)c1)C1CCc2cc3cnccc3nc2N1. The van der Waals surface area contributed by atoms with Gasteiger partial charge < -0.3 is 5.32 Å². The lowest BCUT2D eigenvalue weighted by Gasteiger charge is -2.25. The Labute approximate surface area is 147 Å². The number of pyridine rings is 2. The molecule has 132 valence electrons. The molecule has 0 saturated heterocycles. The summed E-state index contributed by atoms with van der Waals surface area (Å²) in [4.78, 5) is 21.3. The summed E-state index contributed by atoms with van der Waals surface area (Å²) in [6, 6.07) is 7.68. The van der Waals surface area contributed by atoms with Gasteiger partial charge in [-0.1, -0.05) is 12.1 Å². The summed E-state index contributed by atoms with van der Waals surface area (Å²) in [5, 5.41) is 4.00. The number of nitrogens with one attached hydrogen (secondary N) is 1. The molecule has 1 atom stereocenters. The van der Waals surface area contributed by atoms with Crippen molar-refractivity contribution >= 4 is 22.5 Å². The molecule has 0 fully saturated rings. The number of rotatable bonds is 2. The number of aryl methyl sites for hydroxylation is 1. The van der Waals surface area contributed by atoms with Crippen LogP contribution in [-0.4, -0.2) is 21.8 Å². The number of hydrogen-bond donors (Lipinski definition) is 1. The highest BCUT2D eigenvalue weighted by Gasteiger charge is 2.32. The number of aromatic nitrogens is 2. The molecule has 4 nitrogen and oxygen atoms in total. The molecule has 0 bridgehead atoms. The largest absolute Gasteiger partial charge is 0.416 e. The standard InChI is InChI=1S/C19H14F3N3O/c20-19(21,22)14-3-1-2-11(9-14)17(26)16-5-4-12-8-13-10-23-7-6-15(13)24-18(12)25-16/h1-3,6-10,16H,4-5H2,(H,24,25). The molecule has 0 saturated carbocycles. The van der Waals surface area contributed by atoms with Crippen LogP contribution < -0.4 is 5.32 Å². The quantitative estimate of drug-likeness (QED) is 0.697. The molecule has 3 aromatic rings. The number of fused-ring (bicyclic) bond motifs is 2. The number of nitrogens with zero attached hydrogens (tertiary/aromatic N) is 2. The first-order valence-electron chi connectivity index (χ1n) is 8.13. The summed E-state index contributed by atoms with van der Waals surface area (Å²) in [6.45, 7) is 0. The third-order valence-electron chi connectivity index (χ3n) is 4.50. The number of anilines is 1. The average Bonchev–Trinajstić information content (AvgIpc) is 2.64. The Morgan fingerprint density at radius 3 is 2.85 bits per heavy atom. The van der Waals surface area contributed by atoms with Gasteiger partial charge in [-0.3, -0.25) is 9.78 Å². The molecule has 0 amide bonds. The van der Waals surface area contributed by atoms with Gasteiger partial charge in [0.2, 0.25) is 0 Å². The lowest BCUT2D eigenvalue weighted by atomic mass is 9.93. The van der Waals surface area contributed by atoms with E-state index in [0.717, 1.165) is 28.6 Å². The van der Waals surface area contributed by atoms with Crippen LogP contribution in [0.4, 0.5) is 19.0 Å². The molecule has 26 heavy (non-hydrogen) atoms. The molecule has 2 aromatic heterocycles. The van der Waals surface area contributed by atoms with E-state index in [1.165, 1.54) is 12.1 Å². The number of alkyl halides is 3. The van der Waals surface area contributed by atoms with E-state index in [0.29, 0.717) is 18.7 Å². The van der Waals surface area contributed by atoms with Crippen molar-refractivity contribution in [2.45, 2.75) is 25.1 Å². The molecule has 7 heteroatoms. The van der Waals surface area contributed by atoms with Crippen molar-refractivity contribution in [3.8, 4) is 0 Å². The van der Waals surface area contributed by atoms with Gasteiger partial charge >= 0.3 is 6.18 Å². The molecule has 3 heterocycles. The first kappa shape index (κ1) is 16.5. The van der Waals surface area contributed by atoms with Crippen molar-refractivity contribution in [1.82, 2.24) is 9.97 Å². The molecule has 1 N–H and O–H groups in total. The third-order valence-corrected chi connectivity index (χ3v) is 4.50. The number of benzene rings is 1. The van der Waals surface area contributed by atoms with E-state index in [9.17, 15) is 18.0 Å². The number of carbonyl (C=O) groups excluding carboxylic acids is 1. The molecule has 0 radical (unpaired) electrons. The van der Waals surface area contributed by atoms with Crippen LogP contribution in [0.15, 0.2) is 48.8 Å². The van der Waals surface area contributed by atoms with E-state index in [1.54, 1.807) is 18.5 Å². The van der Waals surface area contributed by atoms with Crippen molar-refractivity contribution < 1.29 is 18.0 Å². The van der Waals surface area contributed by atoms with Crippen molar-refractivity contribution in [3.63, 3.8) is 0 Å². The highest BCUT2D eigenvalue weighted by molar-refractivity contribution is 6.02. The highest BCUT2D eigenvalue weighted by atomic mass is 19.4. The van der Waals surface area contributed by atoms with Crippen LogP contribution in [0.5, 0.6) is 0 Å². The van der Waals surface area contributed by atoms with E-state index in [2.05, 4.69) is 15.3 Å². The Bertz CT molecular complexity index is 1000. The van der Waals surface area contributed by atoms with E-state index < -0.39 is 17.8 Å². The van der Waals surface area contributed by atoms with E-state index in [-0.39, 0.29) is 11.3 Å². The highest BCUT2D eigenvalue weighted by Crippen LogP contribution is 2.31. The second kappa shape index (κ2) is 6.09. The summed E-state index contributed by atoms with van der Waals surface area (Å²) >= 11 is 0. The smallest absolute Gasteiger partial charge is 0.360 e. The Hall–Kier alpha value is -2.96. The summed E-state index contributed by atoms with van der Waals surface area (Å²) in [5.74, 6) is 0.235. The lowest BCUT2D eigenvalue weighted by Crippen LogP contribution is -2.34. The zero-order chi connectivity index (χ0) is 18.3. The molecule has 1 aromatic carbocycles. The molecule has 1 unspecified atom stereocenters. The number of Topliss-reactive ketones (excluding diaryl/α,β-unsaturated/α-hetero) is 1. The maximum Gasteiger partial charge on any atom is 0.416 e. The van der Waals surface area contributed by atoms with Crippen LogP contribution >= 0.6 is 0 Å². The predicted octanol–water partition coefficient (Wildman–Crippen LogP) is 4.26. The Morgan fingerprint density at radius 2 is 2.04 bits per heavy atom. The van der Waals surface area contributed by atoms with Crippen LogP contribution in [0, 0.1) is 0 Å². The Kier molecular flexibility index (Phi) is 3.86. The summed E-state index contributed by atoms with van der Waals surface area (Å²) < 4.78 is 38.6. The van der Waals surface area contributed by atoms with E-state index >= 15 is 0 Å². The molecule has 0 aliphatic carbocycles. The van der Waals surface area contributed by atoms with Gasteiger partial charge in [-0.2, -0.15) is 13.2 Å². The molecule has 4 rings (SSSR count). The fraction of sp³-hybridized carbons (Fsp3) is 0.211. The molecular weight excluding hydrogens is 343 g/mol. The lowest BCUT2D eigenvalue weighted by molar-refractivity contribution is -0.137. The van der Waals surface area contributed by atoms with Gasteiger partial charge in [0, 0.05) is 23.3 Å². The van der Waals surface area contributed by atoms with Gasteiger partial charge in [-0.25, -0.2) is 4.98 Å². The zero-order valence-electron chi connectivity index (χ0n) is 13.5. The summed E-state index contributed by atoms with van der Waals surface area (Å²) in [7, 11) is 0. The Balaban J connectivity index is 1.62. The maximum absolute atomic E-state index is 12.9. The zero-order valence-corrected chi connectivity index (χ0v) is 13.5. The Morgan fingerprint density at radius 1 is 1.19 bits per heavy atom. The number of carbonyl (C=O) groups is 1. The maximum atomic E-state index is 12.9.